The highest BCUT2D eigenvalue weighted by molar-refractivity contribution is 6.05. The van der Waals surface area contributed by atoms with Crippen LogP contribution in [0.2, 0.25) is 0 Å². The van der Waals surface area contributed by atoms with Crippen molar-refractivity contribution in [2.75, 3.05) is 5.32 Å². The Morgan fingerprint density at radius 3 is 2.85 bits per heavy atom. The number of hydrogen-bond acceptors (Lipinski definition) is 6. The molecule has 9 heteroatoms. The zero-order chi connectivity index (χ0) is 18.8. The molecule has 0 aliphatic heterocycles. The molecule has 134 valence electrons. The van der Waals surface area contributed by atoms with E-state index in [9.17, 15) is 14.3 Å². The van der Waals surface area contributed by atoms with Gasteiger partial charge in [-0.3, -0.25) is 5.10 Å². The largest absolute Gasteiger partial charge is 0.478 e. The van der Waals surface area contributed by atoms with Crippen molar-refractivity contribution < 1.29 is 14.3 Å². The molecule has 0 spiro atoms. The summed E-state index contributed by atoms with van der Waals surface area (Å²) in [5, 5.41) is 19.8. The third-order valence-corrected chi connectivity index (χ3v) is 3.95. The Labute approximate surface area is 152 Å². The molecular formula is C18H13FN6O2. The molecule has 3 N–H and O–H groups in total. The van der Waals surface area contributed by atoms with Crippen molar-refractivity contribution in [3.05, 3.63) is 65.7 Å². The van der Waals surface area contributed by atoms with E-state index in [1.165, 1.54) is 24.5 Å². The molecule has 0 aliphatic rings. The van der Waals surface area contributed by atoms with Gasteiger partial charge in [0, 0.05) is 11.9 Å². The zero-order valence-electron chi connectivity index (χ0n) is 13.8. The van der Waals surface area contributed by atoms with Crippen LogP contribution in [0.3, 0.4) is 0 Å². The lowest BCUT2D eigenvalue weighted by molar-refractivity contribution is 0.0699. The molecule has 2 heterocycles. The standard InChI is InChI=1S/C18H13FN6O2/c19-11-4-1-3-10(7-11)8-20-18-22-9-21-16(23-18)15-12-5-2-6-13(17(26)27)14(12)24-25-15/h1-7,9H,8H2,(H,24,25)(H,26,27)(H,20,21,22,23). The lowest BCUT2D eigenvalue weighted by Gasteiger charge is -2.05. The lowest BCUT2D eigenvalue weighted by Crippen LogP contribution is -2.05. The Kier molecular flexibility index (Phi) is 4.17. The molecule has 0 amide bonds. The fourth-order valence-corrected chi connectivity index (χ4v) is 2.71. The summed E-state index contributed by atoms with van der Waals surface area (Å²) in [6.07, 6.45) is 1.33. The van der Waals surface area contributed by atoms with Gasteiger partial charge in [-0.2, -0.15) is 10.1 Å². The first-order valence-corrected chi connectivity index (χ1v) is 8.00. The van der Waals surface area contributed by atoms with Crippen molar-refractivity contribution in [1.82, 2.24) is 25.1 Å². The minimum atomic E-state index is -1.05. The molecule has 0 saturated heterocycles. The number of carboxylic acid groups (broad SMARTS) is 1. The van der Waals surface area contributed by atoms with Gasteiger partial charge in [-0.05, 0) is 23.8 Å². The van der Waals surface area contributed by atoms with Crippen LogP contribution < -0.4 is 5.32 Å². The molecule has 0 radical (unpaired) electrons. The number of anilines is 1. The maximum atomic E-state index is 13.3. The number of carboxylic acids is 1. The van der Waals surface area contributed by atoms with E-state index < -0.39 is 5.97 Å². The van der Waals surface area contributed by atoms with Crippen LogP contribution in [0.1, 0.15) is 15.9 Å². The van der Waals surface area contributed by atoms with E-state index in [2.05, 4.69) is 30.5 Å². The summed E-state index contributed by atoms with van der Waals surface area (Å²) in [6, 6.07) is 11.1. The maximum Gasteiger partial charge on any atom is 0.337 e. The Bertz CT molecular complexity index is 1140. The number of fused-ring (bicyclic) bond motifs is 1. The van der Waals surface area contributed by atoms with Gasteiger partial charge >= 0.3 is 5.97 Å². The maximum absolute atomic E-state index is 13.3. The first-order chi connectivity index (χ1) is 13.1. The number of para-hydroxylation sites is 1. The van der Waals surface area contributed by atoms with E-state index in [0.29, 0.717) is 34.9 Å². The molecule has 2 aromatic heterocycles. The van der Waals surface area contributed by atoms with E-state index >= 15 is 0 Å². The minimum absolute atomic E-state index is 0.116. The third kappa shape index (κ3) is 3.30. The van der Waals surface area contributed by atoms with Crippen LogP contribution in [0.25, 0.3) is 22.4 Å². The van der Waals surface area contributed by atoms with E-state index in [1.54, 1.807) is 24.3 Å². The molecule has 8 nitrogen and oxygen atoms in total. The second-order valence-electron chi connectivity index (χ2n) is 5.72. The number of aromatic carboxylic acids is 1. The second kappa shape index (κ2) is 6.79. The van der Waals surface area contributed by atoms with Gasteiger partial charge in [0.1, 0.15) is 17.8 Å². The van der Waals surface area contributed by atoms with Crippen molar-refractivity contribution >= 4 is 22.8 Å². The van der Waals surface area contributed by atoms with Crippen LogP contribution in [-0.2, 0) is 6.54 Å². The van der Waals surface area contributed by atoms with Crippen LogP contribution in [0.4, 0.5) is 10.3 Å². The molecule has 0 aliphatic carbocycles. The number of aromatic amines is 1. The fraction of sp³-hybridized carbons (Fsp3) is 0.0556. The molecule has 27 heavy (non-hydrogen) atoms. The van der Waals surface area contributed by atoms with Crippen molar-refractivity contribution in [1.29, 1.82) is 0 Å². The predicted octanol–water partition coefficient (Wildman–Crippen LogP) is 2.86. The number of hydrogen-bond donors (Lipinski definition) is 3. The van der Waals surface area contributed by atoms with Gasteiger partial charge in [-0.25, -0.2) is 19.2 Å². The van der Waals surface area contributed by atoms with Gasteiger partial charge in [0.25, 0.3) is 0 Å². The molecular weight excluding hydrogens is 351 g/mol. The molecule has 0 fully saturated rings. The molecule has 2 aromatic carbocycles. The average Bonchev–Trinajstić information content (AvgIpc) is 3.11. The fourth-order valence-electron chi connectivity index (χ4n) is 2.71. The molecule has 4 rings (SSSR count). The van der Waals surface area contributed by atoms with Crippen LogP contribution in [-0.4, -0.2) is 36.2 Å². The minimum Gasteiger partial charge on any atom is -0.478 e. The molecule has 0 saturated carbocycles. The van der Waals surface area contributed by atoms with E-state index in [1.807, 2.05) is 0 Å². The summed E-state index contributed by atoms with van der Waals surface area (Å²) in [4.78, 5) is 23.8. The predicted molar refractivity (Wildman–Crippen MR) is 95.6 cm³/mol. The number of carbonyl (C=O) groups is 1. The topological polar surface area (TPSA) is 117 Å². The normalized spacial score (nSPS) is 10.9. The average molecular weight is 364 g/mol. The second-order valence-corrected chi connectivity index (χ2v) is 5.72. The van der Waals surface area contributed by atoms with Crippen LogP contribution >= 0.6 is 0 Å². The Balaban J connectivity index is 1.64. The van der Waals surface area contributed by atoms with Crippen molar-refractivity contribution in [2.24, 2.45) is 0 Å². The van der Waals surface area contributed by atoms with Crippen molar-refractivity contribution in [3.8, 4) is 11.5 Å². The molecule has 0 atom stereocenters. The highest BCUT2D eigenvalue weighted by Crippen LogP contribution is 2.26. The molecule has 0 bridgehead atoms. The summed E-state index contributed by atoms with van der Waals surface area (Å²) < 4.78 is 13.3. The summed E-state index contributed by atoms with van der Waals surface area (Å²) in [6.45, 7) is 0.339. The number of nitrogens with one attached hydrogen (secondary N) is 2. The number of nitrogens with zero attached hydrogens (tertiary/aromatic N) is 4. The lowest BCUT2D eigenvalue weighted by atomic mass is 10.1. The van der Waals surface area contributed by atoms with E-state index in [-0.39, 0.29) is 11.4 Å². The van der Waals surface area contributed by atoms with Gasteiger partial charge in [0.05, 0.1) is 11.1 Å². The van der Waals surface area contributed by atoms with Crippen molar-refractivity contribution in [3.63, 3.8) is 0 Å². The molecule has 4 aromatic rings. The van der Waals surface area contributed by atoms with Gasteiger partial charge in [-0.15, -0.1) is 0 Å². The Morgan fingerprint density at radius 1 is 1.19 bits per heavy atom. The van der Waals surface area contributed by atoms with Gasteiger partial charge in [-0.1, -0.05) is 24.3 Å². The van der Waals surface area contributed by atoms with Crippen molar-refractivity contribution in [2.45, 2.75) is 6.54 Å². The van der Waals surface area contributed by atoms with Crippen LogP contribution in [0.15, 0.2) is 48.8 Å². The quantitative estimate of drug-likeness (QED) is 0.498. The molecule has 0 unspecified atom stereocenters. The third-order valence-electron chi connectivity index (χ3n) is 3.95. The smallest absolute Gasteiger partial charge is 0.337 e. The highest BCUT2D eigenvalue weighted by Gasteiger charge is 2.16. The summed E-state index contributed by atoms with van der Waals surface area (Å²) >= 11 is 0. The number of aromatic nitrogens is 5. The zero-order valence-corrected chi connectivity index (χ0v) is 13.8. The summed E-state index contributed by atoms with van der Waals surface area (Å²) in [7, 11) is 0. The summed E-state index contributed by atoms with van der Waals surface area (Å²) in [5.41, 5.74) is 1.68. The highest BCUT2D eigenvalue weighted by atomic mass is 19.1. The number of halogens is 1. The van der Waals surface area contributed by atoms with E-state index in [4.69, 9.17) is 0 Å². The van der Waals surface area contributed by atoms with Crippen LogP contribution in [0.5, 0.6) is 0 Å². The van der Waals surface area contributed by atoms with Crippen LogP contribution in [0, 0.1) is 5.82 Å². The van der Waals surface area contributed by atoms with Gasteiger partial charge < -0.3 is 10.4 Å². The SMILES string of the molecule is O=C(O)c1cccc2c(-c3ncnc(NCc4cccc(F)c4)n3)n[nH]c12. The Morgan fingerprint density at radius 2 is 2.04 bits per heavy atom. The Hall–Kier alpha value is -3.88. The van der Waals surface area contributed by atoms with E-state index in [0.717, 1.165) is 5.56 Å². The van der Waals surface area contributed by atoms with Gasteiger partial charge in [0.15, 0.2) is 5.82 Å². The number of benzene rings is 2. The monoisotopic (exact) mass is 364 g/mol. The number of rotatable bonds is 5. The first kappa shape index (κ1) is 16.6. The first-order valence-electron chi connectivity index (χ1n) is 8.00. The van der Waals surface area contributed by atoms with Gasteiger partial charge in [0.2, 0.25) is 5.95 Å². The summed E-state index contributed by atoms with van der Waals surface area (Å²) in [5.74, 6) is -0.776. The number of H-pyrrole nitrogens is 1.